The minimum absolute atomic E-state index is 0.299. The van der Waals surface area contributed by atoms with Gasteiger partial charge in [-0.2, -0.15) is 0 Å². The van der Waals surface area contributed by atoms with Crippen molar-refractivity contribution in [2.24, 2.45) is 5.73 Å². The van der Waals surface area contributed by atoms with Gasteiger partial charge in [0.2, 0.25) is 0 Å². The first kappa shape index (κ1) is 7.31. The van der Waals surface area contributed by atoms with Crippen molar-refractivity contribution in [3.63, 3.8) is 0 Å². The average Bonchev–Trinajstić information content (AvgIpc) is 1.30. The van der Waals surface area contributed by atoms with Gasteiger partial charge in [-0.1, -0.05) is 0 Å². The monoisotopic (exact) mass is 121 g/mol. The first-order valence-electron chi connectivity index (χ1n) is 2.42. The highest BCUT2D eigenvalue weighted by atomic mass is 32.3. The fourth-order valence-electron chi connectivity index (χ4n) is 0.354. The van der Waals surface area contributed by atoms with E-state index in [0.29, 0.717) is 0 Å². The third kappa shape index (κ3) is 6.31. The van der Waals surface area contributed by atoms with E-state index in [1.807, 2.05) is 0 Å². The standard InChI is InChI=1S/C5H15NS/c1-7(2,3)5-4-6/h4-6H2,1-3H3. The van der Waals surface area contributed by atoms with Gasteiger partial charge in [-0.15, -0.1) is 0 Å². The highest BCUT2D eigenvalue weighted by Gasteiger charge is 1.98. The molecule has 0 fully saturated rings. The SMILES string of the molecule is CS(C)(C)CCN. The molecule has 0 spiro atoms. The summed E-state index contributed by atoms with van der Waals surface area (Å²) in [6.07, 6.45) is 6.83. The molecule has 0 rings (SSSR count). The maximum Gasteiger partial charge on any atom is -0.000105 e. The van der Waals surface area contributed by atoms with Crippen molar-refractivity contribution in [2.75, 3.05) is 31.1 Å². The summed E-state index contributed by atoms with van der Waals surface area (Å²) >= 11 is 0. The number of hydrogen-bond acceptors (Lipinski definition) is 1. The summed E-state index contributed by atoms with van der Waals surface area (Å²) in [6, 6.07) is 0. The van der Waals surface area contributed by atoms with Crippen LogP contribution in [0.5, 0.6) is 0 Å². The largest absolute Gasteiger partial charge is 0.330 e. The molecule has 0 unspecified atom stereocenters. The molecule has 0 saturated heterocycles. The molecule has 0 atom stereocenters. The zero-order chi connectivity index (χ0) is 5.91. The maximum atomic E-state index is 5.34. The van der Waals surface area contributed by atoms with Crippen molar-refractivity contribution in [1.29, 1.82) is 0 Å². The third-order valence-corrected chi connectivity index (χ3v) is 2.19. The van der Waals surface area contributed by atoms with Gasteiger partial charge in [-0.25, -0.2) is 10.0 Å². The van der Waals surface area contributed by atoms with Crippen molar-refractivity contribution in [1.82, 2.24) is 0 Å². The molecule has 0 amide bonds. The van der Waals surface area contributed by atoms with Gasteiger partial charge in [-0.3, -0.25) is 0 Å². The molecule has 0 saturated carbocycles. The van der Waals surface area contributed by atoms with Gasteiger partial charge in [0.25, 0.3) is 0 Å². The summed E-state index contributed by atoms with van der Waals surface area (Å²) in [4.78, 5) is 0. The van der Waals surface area contributed by atoms with Crippen molar-refractivity contribution < 1.29 is 0 Å². The second-order valence-corrected chi connectivity index (χ2v) is 7.17. The highest BCUT2D eigenvalue weighted by molar-refractivity contribution is 8.32. The van der Waals surface area contributed by atoms with E-state index in [0.717, 1.165) is 6.54 Å². The van der Waals surface area contributed by atoms with Crippen molar-refractivity contribution in [3.8, 4) is 0 Å². The minimum atomic E-state index is -0.299. The van der Waals surface area contributed by atoms with Crippen LogP contribution in [0.15, 0.2) is 0 Å². The van der Waals surface area contributed by atoms with Crippen LogP contribution in [0.1, 0.15) is 0 Å². The van der Waals surface area contributed by atoms with Gasteiger partial charge in [0.1, 0.15) is 0 Å². The van der Waals surface area contributed by atoms with E-state index in [2.05, 4.69) is 18.8 Å². The first-order chi connectivity index (χ1) is 3.06. The Labute approximate surface area is 47.6 Å². The van der Waals surface area contributed by atoms with Crippen LogP contribution in [-0.2, 0) is 0 Å². The molecule has 46 valence electrons. The van der Waals surface area contributed by atoms with Crippen molar-refractivity contribution in [3.05, 3.63) is 0 Å². The Kier molecular flexibility index (Phi) is 2.69. The first-order valence-corrected chi connectivity index (χ1v) is 5.45. The van der Waals surface area contributed by atoms with Crippen LogP contribution in [0.4, 0.5) is 0 Å². The fraction of sp³-hybridized carbons (Fsp3) is 1.00. The molecule has 0 aromatic heterocycles. The summed E-state index contributed by atoms with van der Waals surface area (Å²) in [5.74, 6) is 1.20. The molecule has 0 aromatic rings. The van der Waals surface area contributed by atoms with E-state index in [4.69, 9.17) is 5.73 Å². The Morgan fingerprint density at radius 3 is 1.71 bits per heavy atom. The normalized spacial score (nSPS) is 14.3. The van der Waals surface area contributed by atoms with E-state index in [9.17, 15) is 0 Å². The van der Waals surface area contributed by atoms with Gasteiger partial charge < -0.3 is 5.73 Å². The summed E-state index contributed by atoms with van der Waals surface area (Å²) in [5.41, 5.74) is 5.34. The van der Waals surface area contributed by atoms with Gasteiger partial charge in [0, 0.05) is 0 Å². The summed E-state index contributed by atoms with van der Waals surface area (Å²) in [6.45, 7) is 0.846. The molecule has 7 heavy (non-hydrogen) atoms. The lowest BCUT2D eigenvalue weighted by atomic mass is 10.8. The Balaban J connectivity index is 3.15. The molecule has 0 heterocycles. The molecular weight excluding hydrogens is 106 g/mol. The summed E-state index contributed by atoms with van der Waals surface area (Å²) in [5, 5.41) is 0. The van der Waals surface area contributed by atoms with Crippen LogP contribution in [0.25, 0.3) is 0 Å². The van der Waals surface area contributed by atoms with E-state index in [1.165, 1.54) is 5.75 Å². The number of nitrogens with two attached hydrogens (primary N) is 1. The van der Waals surface area contributed by atoms with Gasteiger partial charge in [-0.05, 0) is 31.1 Å². The molecule has 0 aromatic carbocycles. The molecular formula is C5H15NS. The van der Waals surface area contributed by atoms with E-state index < -0.39 is 0 Å². The van der Waals surface area contributed by atoms with Crippen LogP contribution in [0.2, 0.25) is 0 Å². The summed E-state index contributed by atoms with van der Waals surface area (Å²) < 4.78 is 0. The Morgan fingerprint density at radius 1 is 1.29 bits per heavy atom. The van der Waals surface area contributed by atoms with Crippen LogP contribution in [0, 0.1) is 0 Å². The Hall–Kier alpha value is 0.310. The van der Waals surface area contributed by atoms with E-state index in [-0.39, 0.29) is 10.0 Å². The predicted octanol–water partition coefficient (Wildman–Crippen LogP) is 0.639. The minimum Gasteiger partial charge on any atom is -0.330 e. The van der Waals surface area contributed by atoms with Crippen LogP contribution in [-0.4, -0.2) is 31.1 Å². The average molecular weight is 121 g/mol. The topological polar surface area (TPSA) is 26.0 Å². The second-order valence-electron chi connectivity index (χ2n) is 2.58. The molecule has 2 N–H and O–H groups in total. The molecule has 0 aliphatic carbocycles. The second kappa shape index (κ2) is 2.58. The van der Waals surface area contributed by atoms with Crippen LogP contribution < -0.4 is 5.73 Å². The quantitative estimate of drug-likeness (QED) is 0.570. The molecule has 0 aliphatic rings. The molecule has 0 bridgehead atoms. The van der Waals surface area contributed by atoms with Crippen molar-refractivity contribution in [2.45, 2.75) is 0 Å². The molecule has 1 nitrogen and oxygen atoms in total. The highest BCUT2D eigenvalue weighted by Crippen LogP contribution is 2.32. The van der Waals surface area contributed by atoms with Gasteiger partial charge in [0.15, 0.2) is 0 Å². The molecule has 0 radical (unpaired) electrons. The fourth-order valence-corrected chi connectivity index (χ4v) is 1.06. The number of rotatable bonds is 2. The Bertz CT molecular complexity index is 46.5. The molecule has 2 heteroatoms. The van der Waals surface area contributed by atoms with E-state index in [1.54, 1.807) is 0 Å². The Morgan fingerprint density at radius 2 is 1.71 bits per heavy atom. The van der Waals surface area contributed by atoms with Crippen LogP contribution >= 0.6 is 10.0 Å². The number of hydrogen-bond donors (Lipinski definition) is 1. The lowest BCUT2D eigenvalue weighted by Crippen LogP contribution is -2.10. The lowest BCUT2D eigenvalue weighted by Gasteiger charge is -2.23. The van der Waals surface area contributed by atoms with Crippen molar-refractivity contribution >= 4 is 10.0 Å². The molecule has 0 aliphatic heterocycles. The third-order valence-electron chi connectivity index (χ3n) is 0.730. The zero-order valence-electron chi connectivity index (χ0n) is 5.40. The smallest absolute Gasteiger partial charge is 0.000105 e. The van der Waals surface area contributed by atoms with Gasteiger partial charge in [0.05, 0.1) is 0 Å². The maximum absolute atomic E-state index is 5.34. The lowest BCUT2D eigenvalue weighted by molar-refractivity contribution is 1.14. The predicted molar refractivity (Wildman–Crippen MR) is 39.3 cm³/mol. The zero-order valence-corrected chi connectivity index (χ0v) is 6.22. The van der Waals surface area contributed by atoms with Crippen LogP contribution in [0.3, 0.4) is 0 Å². The van der Waals surface area contributed by atoms with E-state index >= 15 is 0 Å². The summed E-state index contributed by atoms with van der Waals surface area (Å²) in [7, 11) is -0.299. The van der Waals surface area contributed by atoms with Gasteiger partial charge >= 0.3 is 0 Å².